The molecule has 0 aliphatic carbocycles. The van der Waals surface area contributed by atoms with E-state index in [9.17, 15) is 13.2 Å². The summed E-state index contributed by atoms with van der Waals surface area (Å²) in [5.74, 6) is 0.235. The Kier molecular flexibility index (Phi) is 3.98. The number of hydrogen-bond acceptors (Lipinski definition) is 6. The molecule has 0 unspecified atom stereocenters. The fraction of sp³-hybridized carbons (Fsp3) is 0.375. The zero-order valence-corrected chi connectivity index (χ0v) is 10.1. The molecule has 0 bridgehead atoms. The minimum Gasteiger partial charge on any atom is -0.300 e. The van der Waals surface area contributed by atoms with E-state index in [0.717, 1.165) is 0 Å². The van der Waals surface area contributed by atoms with Gasteiger partial charge in [-0.1, -0.05) is 17.3 Å². The van der Waals surface area contributed by atoms with Gasteiger partial charge in [-0.05, 0) is 6.92 Å². The van der Waals surface area contributed by atoms with Crippen LogP contribution in [0.5, 0.6) is 0 Å². The molecule has 0 fully saturated rings. The van der Waals surface area contributed by atoms with E-state index in [0.29, 0.717) is 5.01 Å². The highest BCUT2D eigenvalue weighted by Crippen LogP contribution is 2.13. The number of carbonyl (C=O) groups excluding carboxylic acids is 1. The molecule has 1 aromatic rings. The summed E-state index contributed by atoms with van der Waals surface area (Å²) >= 11 is 1.17. The molecule has 8 heteroatoms. The topological polar surface area (TPSA) is 89.0 Å². The Bertz CT molecular complexity index is 527. The van der Waals surface area contributed by atoms with Crippen LogP contribution in [0.3, 0.4) is 0 Å². The second kappa shape index (κ2) is 5.05. The Balaban J connectivity index is 2.58. The largest absolute Gasteiger partial charge is 0.300 e. The number of aryl methyl sites for hydroxylation is 1. The number of amides is 1. The molecular formula is C8H9N3O3S2. The predicted octanol–water partition coefficient (Wildman–Crippen LogP) is -0.167. The molecule has 1 N–H and O–H groups in total. The van der Waals surface area contributed by atoms with E-state index in [2.05, 4.69) is 15.5 Å². The molecule has 86 valence electrons. The minimum atomic E-state index is -3.54. The Morgan fingerprint density at radius 1 is 1.56 bits per heavy atom. The summed E-state index contributed by atoms with van der Waals surface area (Å²) in [5, 5.41) is 10.6. The number of nitrogens with one attached hydrogen (secondary N) is 1. The monoisotopic (exact) mass is 259 g/mol. The Labute approximate surface area is 97.0 Å². The SMILES string of the molecule is C#CCS(=O)(=O)CC(=O)Nc1nnc(C)s1. The summed E-state index contributed by atoms with van der Waals surface area (Å²) in [7, 11) is -3.54. The molecule has 1 heterocycles. The zero-order chi connectivity index (χ0) is 12.2. The van der Waals surface area contributed by atoms with Crippen LogP contribution in [0.15, 0.2) is 0 Å². The zero-order valence-electron chi connectivity index (χ0n) is 8.43. The van der Waals surface area contributed by atoms with Gasteiger partial charge in [0.1, 0.15) is 16.5 Å². The van der Waals surface area contributed by atoms with E-state index in [1.807, 2.05) is 5.92 Å². The normalized spacial score (nSPS) is 10.8. The van der Waals surface area contributed by atoms with Crippen molar-refractivity contribution in [2.75, 3.05) is 16.8 Å². The van der Waals surface area contributed by atoms with Crippen LogP contribution in [-0.4, -0.2) is 36.0 Å². The number of hydrogen-bond donors (Lipinski definition) is 1. The molecule has 1 aromatic heterocycles. The highest BCUT2D eigenvalue weighted by Gasteiger charge is 2.16. The van der Waals surface area contributed by atoms with E-state index in [1.165, 1.54) is 11.3 Å². The number of anilines is 1. The molecule has 0 aliphatic rings. The lowest BCUT2D eigenvalue weighted by atomic mass is 10.7. The summed E-state index contributed by atoms with van der Waals surface area (Å²) in [5.41, 5.74) is 0. The third-order valence-electron chi connectivity index (χ3n) is 1.43. The van der Waals surface area contributed by atoms with Gasteiger partial charge in [-0.3, -0.25) is 10.1 Å². The lowest BCUT2D eigenvalue weighted by molar-refractivity contribution is -0.113. The first-order chi connectivity index (χ1) is 7.43. The first kappa shape index (κ1) is 12.6. The van der Waals surface area contributed by atoms with Crippen LogP contribution < -0.4 is 5.32 Å². The molecular weight excluding hydrogens is 250 g/mol. The summed E-state index contributed by atoms with van der Waals surface area (Å²) in [6.45, 7) is 1.72. The van der Waals surface area contributed by atoms with Crippen molar-refractivity contribution in [1.29, 1.82) is 0 Å². The lowest BCUT2D eigenvalue weighted by Crippen LogP contribution is -2.24. The molecule has 0 aromatic carbocycles. The van der Waals surface area contributed by atoms with Crippen LogP contribution in [0.1, 0.15) is 5.01 Å². The highest BCUT2D eigenvalue weighted by molar-refractivity contribution is 7.92. The van der Waals surface area contributed by atoms with Gasteiger partial charge in [0.25, 0.3) is 0 Å². The summed E-state index contributed by atoms with van der Waals surface area (Å²) in [6.07, 6.45) is 4.87. The van der Waals surface area contributed by atoms with Crippen molar-refractivity contribution < 1.29 is 13.2 Å². The lowest BCUT2D eigenvalue weighted by Gasteiger charge is -2.00. The van der Waals surface area contributed by atoms with Crippen LogP contribution in [0, 0.1) is 19.3 Å². The van der Waals surface area contributed by atoms with Crippen LogP contribution in [0.25, 0.3) is 0 Å². The Morgan fingerprint density at radius 2 is 2.25 bits per heavy atom. The fourth-order valence-corrected chi connectivity index (χ4v) is 2.32. The molecule has 1 amide bonds. The number of aromatic nitrogens is 2. The van der Waals surface area contributed by atoms with Crippen molar-refractivity contribution >= 4 is 32.2 Å². The average Bonchev–Trinajstić information content (AvgIpc) is 2.49. The maximum Gasteiger partial charge on any atom is 0.241 e. The van der Waals surface area contributed by atoms with Crippen molar-refractivity contribution in [3.8, 4) is 12.3 Å². The standard InChI is InChI=1S/C8H9N3O3S2/c1-3-4-16(13,14)5-7(12)9-8-11-10-6(2)15-8/h1H,4-5H2,2H3,(H,9,11,12). The number of carbonyl (C=O) groups is 1. The van der Waals surface area contributed by atoms with Crippen LogP contribution in [-0.2, 0) is 14.6 Å². The molecule has 1 rings (SSSR count). The van der Waals surface area contributed by atoms with E-state index in [-0.39, 0.29) is 5.13 Å². The minimum absolute atomic E-state index is 0.276. The summed E-state index contributed by atoms with van der Waals surface area (Å²) < 4.78 is 22.4. The van der Waals surface area contributed by atoms with Gasteiger partial charge >= 0.3 is 0 Å². The van der Waals surface area contributed by atoms with Gasteiger partial charge in [-0.15, -0.1) is 16.6 Å². The number of sulfone groups is 1. The van der Waals surface area contributed by atoms with Crippen LogP contribution in [0.4, 0.5) is 5.13 Å². The molecule has 6 nitrogen and oxygen atoms in total. The van der Waals surface area contributed by atoms with Gasteiger partial charge in [-0.2, -0.15) is 0 Å². The van der Waals surface area contributed by atoms with Gasteiger partial charge in [-0.25, -0.2) is 8.42 Å². The van der Waals surface area contributed by atoms with Crippen molar-refractivity contribution in [3.63, 3.8) is 0 Å². The third kappa shape index (κ3) is 3.96. The fourth-order valence-electron chi connectivity index (χ4n) is 0.880. The molecule has 16 heavy (non-hydrogen) atoms. The summed E-state index contributed by atoms with van der Waals surface area (Å²) in [6, 6.07) is 0. The molecule has 0 saturated heterocycles. The second-order valence-corrected chi connectivity index (χ2v) is 6.16. The first-order valence-electron chi connectivity index (χ1n) is 4.17. The van der Waals surface area contributed by atoms with Crippen molar-refractivity contribution in [2.24, 2.45) is 0 Å². The van der Waals surface area contributed by atoms with E-state index in [1.54, 1.807) is 6.92 Å². The first-order valence-corrected chi connectivity index (χ1v) is 6.80. The average molecular weight is 259 g/mol. The molecule has 0 atom stereocenters. The van der Waals surface area contributed by atoms with E-state index < -0.39 is 27.3 Å². The molecule has 0 aliphatic heterocycles. The Hall–Kier alpha value is -1.46. The van der Waals surface area contributed by atoms with Gasteiger partial charge in [0.2, 0.25) is 11.0 Å². The van der Waals surface area contributed by atoms with Crippen LogP contribution >= 0.6 is 11.3 Å². The van der Waals surface area contributed by atoms with Gasteiger partial charge in [0.05, 0.1) is 0 Å². The van der Waals surface area contributed by atoms with Crippen molar-refractivity contribution in [3.05, 3.63) is 5.01 Å². The quantitative estimate of drug-likeness (QED) is 0.758. The van der Waals surface area contributed by atoms with E-state index >= 15 is 0 Å². The highest BCUT2D eigenvalue weighted by atomic mass is 32.2. The molecule has 0 radical (unpaired) electrons. The molecule has 0 spiro atoms. The smallest absolute Gasteiger partial charge is 0.241 e. The van der Waals surface area contributed by atoms with Gasteiger partial charge in [0.15, 0.2) is 9.84 Å². The second-order valence-electron chi connectivity index (χ2n) is 2.91. The maximum atomic E-state index is 11.3. The number of nitrogens with zero attached hydrogens (tertiary/aromatic N) is 2. The predicted molar refractivity (Wildman–Crippen MR) is 60.8 cm³/mol. The van der Waals surface area contributed by atoms with Crippen molar-refractivity contribution in [2.45, 2.75) is 6.92 Å². The van der Waals surface area contributed by atoms with Gasteiger partial charge < -0.3 is 0 Å². The summed E-state index contributed by atoms with van der Waals surface area (Å²) in [4.78, 5) is 11.3. The third-order valence-corrected chi connectivity index (χ3v) is 3.49. The molecule has 0 saturated carbocycles. The van der Waals surface area contributed by atoms with Gasteiger partial charge in [0, 0.05) is 0 Å². The Morgan fingerprint density at radius 3 is 2.75 bits per heavy atom. The maximum absolute atomic E-state index is 11.3. The number of rotatable bonds is 4. The van der Waals surface area contributed by atoms with Crippen molar-refractivity contribution in [1.82, 2.24) is 10.2 Å². The number of terminal acetylenes is 1. The van der Waals surface area contributed by atoms with E-state index in [4.69, 9.17) is 6.42 Å². The van der Waals surface area contributed by atoms with Crippen LogP contribution in [0.2, 0.25) is 0 Å².